The summed E-state index contributed by atoms with van der Waals surface area (Å²) in [4.78, 5) is 0. The summed E-state index contributed by atoms with van der Waals surface area (Å²) in [5.74, 6) is 0.664. The molecule has 3 heteroatoms. The largest absolute Gasteiger partial charge is 0.352 e. The molecule has 0 radical (unpaired) electrons. The van der Waals surface area contributed by atoms with Gasteiger partial charge in [0.25, 0.3) is 0 Å². The lowest BCUT2D eigenvalue weighted by molar-refractivity contribution is -0.138. The van der Waals surface area contributed by atoms with E-state index in [0.29, 0.717) is 5.92 Å². The first kappa shape index (κ1) is 12.6. The predicted molar refractivity (Wildman–Crippen MR) is 67.7 cm³/mol. The lowest BCUT2D eigenvalue weighted by atomic mass is 9.99. The monoisotopic (exact) mass is 235 g/mol. The van der Waals surface area contributed by atoms with E-state index in [9.17, 15) is 0 Å². The van der Waals surface area contributed by atoms with Gasteiger partial charge in [0.05, 0.1) is 6.61 Å². The zero-order valence-corrected chi connectivity index (χ0v) is 10.4. The summed E-state index contributed by atoms with van der Waals surface area (Å²) in [5, 5.41) is 3.36. The van der Waals surface area contributed by atoms with Crippen molar-refractivity contribution in [1.82, 2.24) is 5.32 Å². The third-order valence-electron chi connectivity index (χ3n) is 3.23. The minimum Gasteiger partial charge on any atom is -0.352 e. The van der Waals surface area contributed by atoms with Crippen molar-refractivity contribution in [3.05, 3.63) is 35.9 Å². The first-order valence-corrected chi connectivity index (χ1v) is 6.30. The molecule has 1 unspecified atom stereocenters. The summed E-state index contributed by atoms with van der Waals surface area (Å²) in [6, 6.07) is 10.1. The topological polar surface area (TPSA) is 30.5 Å². The molecule has 1 heterocycles. The van der Waals surface area contributed by atoms with Crippen molar-refractivity contribution in [2.24, 2.45) is 5.92 Å². The van der Waals surface area contributed by atoms with Crippen molar-refractivity contribution in [2.45, 2.75) is 19.1 Å². The van der Waals surface area contributed by atoms with Crippen molar-refractivity contribution < 1.29 is 9.47 Å². The second-order valence-corrected chi connectivity index (χ2v) is 4.51. The molecule has 1 atom stereocenters. The zero-order chi connectivity index (χ0) is 11.9. The van der Waals surface area contributed by atoms with Gasteiger partial charge < -0.3 is 14.8 Å². The molecule has 2 rings (SSSR count). The van der Waals surface area contributed by atoms with Crippen LogP contribution in [0.4, 0.5) is 0 Å². The number of nitrogens with one attached hydrogen (secondary N) is 1. The first-order valence-electron chi connectivity index (χ1n) is 6.30. The van der Waals surface area contributed by atoms with E-state index in [0.717, 1.165) is 25.3 Å². The molecule has 0 spiro atoms. The van der Waals surface area contributed by atoms with Crippen molar-refractivity contribution in [2.75, 3.05) is 26.8 Å². The maximum atomic E-state index is 5.87. The number of ether oxygens (including phenoxy) is 2. The summed E-state index contributed by atoms with van der Waals surface area (Å²) in [6.07, 6.45) is 2.17. The SMILES string of the molecule is COC(OCC1CCNCC1)c1ccccc1. The van der Waals surface area contributed by atoms with Crippen LogP contribution in [0, 0.1) is 5.92 Å². The second kappa shape index (κ2) is 6.74. The van der Waals surface area contributed by atoms with E-state index in [1.807, 2.05) is 30.3 Å². The molecule has 0 aliphatic carbocycles. The van der Waals surface area contributed by atoms with Crippen molar-refractivity contribution in [3.8, 4) is 0 Å². The second-order valence-electron chi connectivity index (χ2n) is 4.51. The Bertz CT molecular complexity index is 309. The molecule has 0 saturated carbocycles. The van der Waals surface area contributed by atoms with Gasteiger partial charge in [0.2, 0.25) is 0 Å². The number of methoxy groups -OCH3 is 1. The molecule has 1 aromatic carbocycles. The van der Waals surface area contributed by atoms with E-state index in [-0.39, 0.29) is 6.29 Å². The average Bonchev–Trinajstić information content (AvgIpc) is 2.42. The van der Waals surface area contributed by atoms with Gasteiger partial charge in [-0.25, -0.2) is 0 Å². The smallest absolute Gasteiger partial charge is 0.183 e. The Morgan fingerprint density at radius 1 is 1.24 bits per heavy atom. The van der Waals surface area contributed by atoms with Crippen molar-refractivity contribution in [1.29, 1.82) is 0 Å². The van der Waals surface area contributed by atoms with Gasteiger partial charge in [0.1, 0.15) is 0 Å². The summed E-state index contributed by atoms with van der Waals surface area (Å²) >= 11 is 0. The average molecular weight is 235 g/mol. The number of benzene rings is 1. The minimum atomic E-state index is -0.230. The third kappa shape index (κ3) is 3.80. The molecule has 3 nitrogen and oxygen atoms in total. The lowest BCUT2D eigenvalue weighted by Gasteiger charge is -2.25. The van der Waals surface area contributed by atoms with Gasteiger partial charge in [-0.15, -0.1) is 0 Å². The molecule has 1 fully saturated rings. The first-order chi connectivity index (χ1) is 8.40. The Morgan fingerprint density at radius 2 is 1.94 bits per heavy atom. The fourth-order valence-electron chi connectivity index (χ4n) is 2.18. The zero-order valence-electron chi connectivity index (χ0n) is 10.4. The fourth-order valence-corrected chi connectivity index (χ4v) is 2.18. The predicted octanol–water partition coefficient (Wildman–Crippen LogP) is 2.35. The van der Waals surface area contributed by atoms with Crippen LogP contribution in [0.5, 0.6) is 0 Å². The van der Waals surface area contributed by atoms with Gasteiger partial charge >= 0.3 is 0 Å². The highest BCUT2D eigenvalue weighted by Gasteiger charge is 2.16. The number of piperidine rings is 1. The Morgan fingerprint density at radius 3 is 2.59 bits per heavy atom. The number of hydrogen-bond donors (Lipinski definition) is 1. The Balaban J connectivity index is 1.83. The molecule has 0 bridgehead atoms. The lowest BCUT2D eigenvalue weighted by Crippen LogP contribution is -2.30. The van der Waals surface area contributed by atoms with Gasteiger partial charge in [0.15, 0.2) is 6.29 Å². The number of hydrogen-bond acceptors (Lipinski definition) is 3. The maximum absolute atomic E-state index is 5.87. The van der Waals surface area contributed by atoms with Crippen LogP contribution in [0.3, 0.4) is 0 Å². The molecular weight excluding hydrogens is 214 g/mol. The molecular formula is C14H21NO2. The molecule has 1 aromatic rings. The summed E-state index contributed by atoms with van der Waals surface area (Å²) < 4.78 is 11.3. The quantitative estimate of drug-likeness (QED) is 0.795. The van der Waals surface area contributed by atoms with Crippen molar-refractivity contribution >= 4 is 0 Å². The molecule has 1 aliphatic heterocycles. The van der Waals surface area contributed by atoms with Crippen LogP contribution in [0.15, 0.2) is 30.3 Å². The highest BCUT2D eigenvalue weighted by Crippen LogP contribution is 2.21. The van der Waals surface area contributed by atoms with E-state index in [2.05, 4.69) is 5.32 Å². The van der Waals surface area contributed by atoms with Crippen LogP contribution in [0.2, 0.25) is 0 Å². The Kier molecular flexibility index (Phi) is 4.98. The van der Waals surface area contributed by atoms with Gasteiger partial charge in [-0.3, -0.25) is 0 Å². The van der Waals surface area contributed by atoms with Gasteiger partial charge in [-0.05, 0) is 31.8 Å². The van der Waals surface area contributed by atoms with Crippen LogP contribution in [-0.2, 0) is 9.47 Å². The molecule has 1 saturated heterocycles. The maximum Gasteiger partial charge on any atom is 0.183 e. The summed E-state index contributed by atoms with van der Waals surface area (Å²) in [6.45, 7) is 3.00. The van der Waals surface area contributed by atoms with E-state index in [1.165, 1.54) is 12.8 Å². The van der Waals surface area contributed by atoms with Gasteiger partial charge in [-0.1, -0.05) is 30.3 Å². The molecule has 1 N–H and O–H groups in total. The highest BCUT2D eigenvalue weighted by molar-refractivity contribution is 5.15. The summed E-state index contributed by atoms with van der Waals surface area (Å²) in [5.41, 5.74) is 1.09. The third-order valence-corrected chi connectivity index (χ3v) is 3.23. The van der Waals surface area contributed by atoms with Crippen molar-refractivity contribution in [3.63, 3.8) is 0 Å². The Labute approximate surface area is 103 Å². The summed E-state index contributed by atoms with van der Waals surface area (Å²) in [7, 11) is 1.69. The molecule has 0 amide bonds. The van der Waals surface area contributed by atoms with E-state index in [1.54, 1.807) is 7.11 Å². The van der Waals surface area contributed by atoms with E-state index >= 15 is 0 Å². The molecule has 17 heavy (non-hydrogen) atoms. The van der Waals surface area contributed by atoms with Crippen LogP contribution in [0.1, 0.15) is 24.7 Å². The molecule has 0 aromatic heterocycles. The van der Waals surface area contributed by atoms with Gasteiger partial charge in [0, 0.05) is 12.7 Å². The Hall–Kier alpha value is -0.900. The van der Waals surface area contributed by atoms with Crippen LogP contribution in [-0.4, -0.2) is 26.8 Å². The van der Waals surface area contributed by atoms with Crippen LogP contribution < -0.4 is 5.32 Å². The van der Waals surface area contributed by atoms with E-state index in [4.69, 9.17) is 9.47 Å². The minimum absolute atomic E-state index is 0.230. The molecule has 1 aliphatic rings. The highest BCUT2D eigenvalue weighted by atomic mass is 16.7. The van der Waals surface area contributed by atoms with Gasteiger partial charge in [-0.2, -0.15) is 0 Å². The van der Waals surface area contributed by atoms with Crippen LogP contribution >= 0.6 is 0 Å². The fraction of sp³-hybridized carbons (Fsp3) is 0.571. The van der Waals surface area contributed by atoms with E-state index < -0.39 is 0 Å². The van der Waals surface area contributed by atoms with Crippen LogP contribution in [0.25, 0.3) is 0 Å². The molecule has 94 valence electrons. The normalized spacial score (nSPS) is 19.1. The standard InChI is InChI=1S/C14H21NO2/c1-16-14(13-5-3-2-4-6-13)17-11-12-7-9-15-10-8-12/h2-6,12,14-15H,7-11H2,1H3. The number of rotatable bonds is 5.